The van der Waals surface area contributed by atoms with E-state index in [4.69, 9.17) is 11.6 Å². The van der Waals surface area contributed by atoms with Crippen LogP contribution in [0.5, 0.6) is 0 Å². The third-order valence-corrected chi connectivity index (χ3v) is 5.04. The van der Waals surface area contributed by atoms with Gasteiger partial charge in [0.1, 0.15) is 16.7 Å². The van der Waals surface area contributed by atoms with Gasteiger partial charge >= 0.3 is 0 Å². The number of hydrogen-bond donors (Lipinski definition) is 0. The highest BCUT2D eigenvalue weighted by Crippen LogP contribution is 2.24. The van der Waals surface area contributed by atoms with E-state index in [0.717, 1.165) is 22.0 Å². The van der Waals surface area contributed by atoms with Crippen molar-refractivity contribution in [2.24, 2.45) is 0 Å². The molecule has 150 valence electrons. The molecular formula is C23H18ClFN4O. The fourth-order valence-corrected chi connectivity index (χ4v) is 3.42. The molecule has 0 aliphatic rings. The fraction of sp³-hybridized carbons (Fsp3) is 0.130. The molecule has 0 saturated heterocycles. The van der Waals surface area contributed by atoms with E-state index >= 15 is 0 Å². The Labute approximate surface area is 178 Å². The minimum absolute atomic E-state index is 0.223. The number of pyridine rings is 1. The van der Waals surface area contributed by atoms with Crippen LogP contribution in [-0.4, -0.2) is 25.8 Å². The zero-order valence-corrected chi connectivity index (χ0v) is 17.0. The van der Waals surface area contributed by atoms with Gasteiger partial charge in [-0.15, -0.1) is 0 Å². The average Bonchev–Trinajstić information content (AvgIpc) is 2.75. The molecular weight excluding hydrogens is 403 g/mol. The first-order valence-corrected chi connectivity index (χ1v) is 9.73. The summed E-state index contributed by atoms with van der Waals surface area (Å²) in [4.78, 5) is 27.3. The monoisotopic (exact) mass is 420 g/mol. The smallest absolute Gasteiger partial charge is 0.274 e. The second kappa shape index (κ2) is 8.55. The molecule has 7 heteroatoms. The molecule has 30 heavy (non-hydrogen) atoms. The first-order valence-electron chi connectivity index (χ1n) is 9.35. The maximum Gasteiger partial charge on any atom is 0.274 e. The van der Waals surface area contributed by atoms with Crippen molar-refractivity contribution in [3.8, 4) is 0 Å². The molecule has 0 spiro atoms. The van der Waals surface area contributed by atoms with E-state index in [1.165, 1.54) is 30.7 Å². The van der Waals surface area contributed by atoms with Crippen molar-refractivity contribution in [1.82, 2.24) is 19.9 Å². The molecule has 0 aliphatic heterocycles. The molecule has 0 unspecified atom stereocenters. The first kappa shape index (κ1) is 19.9. The predicted molar refractivity (Wildman–Crippen MR) is 113 cm³/mol. The van der Waals surface area contributed by atoms with Crippen molar-refractivity contribution in [2.45, 2.75) is 20.0 Å². The van der Waals surface area contributed by atoms with Crippen LogP contribution in [0.25, 0.3) is 10.9 Å². The van der Waals surface area contributed by atoms with Gasteiger partial charge < -0.3 is 4.90 Å². The summed E-state index contributed by atoms with van der Waals surface area (Å²) in [5, 5.41) is 1.28. The van der Waals surface area contributed by atoms with Gasteiger partial charge in [-0.05, 0) is 42.8 Å². The predicted octanol–water partition coefficient (Wildman–Crippen LogP) is 4.97. The zero-order valence-electron chi connectivity index (χ0n) is 16.2. The van der Waals surface area contributed by atoms with Crippen LogP contribution in [0.3, 0.4) is 0 Å². The second-order valence-corrected chi connectivity index (χ2v) is 7.37. The molecule has 2 heterocycles. The molecule has 2 aromatic carbocycles. The number of aryl methyl sites for hydroxylation is 1. The van der Waals surface area contributed by atoms with Gasteiger partial charge in [0.05, 0.1) is 11.7 Å². The van der Waals surface area contributed by atoms with Crippen molar-refractivity contribution < 1.29 is 9.18 Å². The van der Waals surface area contributed by atoms with E-state index in [-0.39, 0.29) is 30.5 Å². The minimum Gasteiger partial charge on any atom is -0.328 e. The van der Waals surface area contributed by atoms with E-state index in [0.29, 0.717) is 10.7 Å². The summed E-state index contributed by atoms with van der Waals surface area (Å²) in [6, 6.07) is 13.9. The molecule has 0 bridgehead atoms. The summed E-state index contributed by atoms with van der Waals surface area (Å²) >= 11 is 6.43. The summed E-state index contributed by atoms with van der Waals surface area (Å²) in [6.45, 7) is 2.49. The Morgan fingerprint density at radius 1 is 1.07 bits per heavy atom. The maximum absolute atomic E-state index is 13.3. The van der Waals surface area contributed by atoms with Crippen LogP contribution < -0.4 is 0 Å². The van der Waals surface area contributed by atoms with Crippen LogP contribution >= 0.6 is 11.6 Å². The summed E-state index contributed by atoms with van der Waals surface area (Å²) < 4.78 is 13.3. The Bertz CT molecular complexity index is 1200. The quantitative estimate of drug-likeness (QED) is 0.428. The highest BCUT2D eigenvalue weighted by molar-refractivity contribution is 6.30. The number of benzene rings is 2. The number of amides is 1. The first-order chi connectivity index (χ1) is 14.5. The van der Waals surface area contributed by atoms with E-state index in [1.807, 2.05) is 31.2 Å². The molecule has 4 rings (SSSR count). The van der Waals surface area contributed by atoms with Crippen molar-refractivity contribution in [3.05, 3.63) is 100 Å². The minimum atomic E-state index is -0.331. The lowest BCUT2D eigenvalue weighted by atomic mass is 10.1. The van der Waals surface area contributed by atoms with E-state index in [1.54, 1.807) is 17.0 Å². The number of nitrogens with zero attached hydrogens (tertiary/aromatic N) is 4. The number of halogens is 2. The number of carbonyl (C=O) groups excluding carboxylic acids is 1. The number of carbonyl (C=O) groups is 1. The fourth-order valence-electron chi connectivity index (χ4n) is 3.21. The van der Waals surface area contributed by atoms with Crippen molar-refractivity contribution in [3.63, 3.8) is 0 Å². The van der Waals surface area contributed by atoms with E-state index in [2.05, 4.69) is 15.0 Å². The molecule has 4 aromatic rings. The largest absolute Gasteiger partial charge is 0.328 e. The van der Waals surface area contributed by atoms with Gasteiger partial charge in [0.15, 0.2) is 0 Å². The van der Waals surface area contributed by atoms with Crippen molar-refractivity contribution in [1.29, 1.82) is 0 Å². The lowest BCUT2D eigenvalue weighted by Crippen LogP contribution is -2.31. The molecule has 0 saturated carbocycles. The van der Waals surface area contributed by atoms with Crippen LogP contribution in [0.1, 0.15) is 27.2 Å². The third-order valence-electron chi connectivity index (χ3n) is 4.71. The summed E-state index contributed by atoms with van der Waals surface area (Å²) in [5.74, 6) is -0.629. The number of fused-ring (bicyclic) bond motifs is 1. The Balaban J connectivity index is 1.70. The third kappa shape index (κ3) is 4.44. The Morgan fingerprint density at radius 2 is 1.87 bits per heavy atom. The van der Waals surface area contributed by atoms with Crippen LogP contribution in [0.2, 0.25) is 5.15 Å². The summed E-state index contributed by atoms with van der Waals surface area (Å²) in [7, 11) is 0. The highest BCUT2D eigenvalue weighted by Gasteiger charge is 2.20. The molecule has 5 nitrogen and oxygen atoms in total. The SMILES string of the molecule is Cc1ccc2nc(Cl)c(CN(Cc3ccc(F)cc3)C(=O)c3cnccn3)cc2c1. The summed E-state index contributed by atoms with van der Waals surface area (Å²) in [6.07, 6.45) is 4.40. The summed E-state index contributed by atoms with van der Waals surface area (Å²) in [5.41, 5.74) is 3.62. The standard InChI is InChI=1S/C23H18ClFN4O/c1-15-2-7-20-17(10-15)11-18(22(24)28-20)14-29(13-16-3-5-19(25)6-4-16)23(30)21-12-26-8-9-27-21/h2-12H,13-14H2,1H3. The molecule has 0 aliphatic carbocycles. The maximum atomic E-state index is 13.3. The van der Waals surface area contributed by atoms with Gasteiger partial charge in [-0.1, -0.05) is 35.4 Å². The second-order valence-electron chi connectivity index (χ2n) is 7.01. The Morgan fingerprint density at radius 3 is 2.60 bits per heavy atom. The molecule has 0 radical (unpaired) electrons. The molecule has 1 amide bonds. The molecule has 0 atom stereocenters. The number of aromatic nitrogens is 3. The van der Waals surface area contributed by atoms with Crippen molar-refractivity contribution in [2.75, 3.05) is 0 Å². The molecule has 2 aromatic heterocycles. The van der Waals surface area contributed by atoms with Crippen LogP contribution in [0, 0.1) is 12.7 Å². The zero-order chi connectivity index (χ0) is 21.1. The average molecular weight is 421 g/mol. The number of rotatable bonds is 5. The molecule has 0 N–H and O–H groups in total. The van der Waals surface area contributed by atoms with Gasteiger partial charge in [0, 0.05) is 36.4 Å². The number of hydrogen-bond acceptors (Lipinski definition) is 4. The van der Waals surface area contributed by atoms with Gasteiger partial charge in [-0.25, -0.2) is 14.4 Å². The van der Waals surface area contributed by atoms with Gasteiger partial charge in [0.25, 0.3) is 5.91 Å². The normalized spacial score (nSPS) is 10.9. The van der Waals surface area contributed by atoms with Crippen LogP contribution in [0.15, 0.2) is 67.1 Å². The van der Waals surface area contributed by atoms with E-state index in [9.17, 15) is 9.18 Å². The van der Waals surface area contributed by atoms with Crippen LogP contribution in [0.4, 0.5) is 4.39 Å². The Kier molecular flexibility index (Phi) is 5.68. The van der Waals surface area contributed by atoms with Gasteiger partial charge in [-0.3, -0.25) is 9.78 Å². The molecule has 0 fully saturated rings. The van der Waals surface area contributed by atoms with Gasteiger partial charge in [-0.2, -0.15) is 0 Å². The lowest BCUT2D eigenvalue weighted by molar-refractivity contribution is 0.0723. The topological polar surface area (TPSA) is 59.0 Å². The van der Waals surface area contributed by atoms with Crippen LogP contribution in [-0.2, 0) is 13.1 Å². The lowest BCUT2D eigenvalue weighted by Gasteiger charge is -2.23. The Hall–Kier alpha value is -3.38. The van der Waals surface area contributed by atoms with Gasteiger partial charge in [0.2, 0.25) is 0 Å². The van der Waals surface area contributed by atoms with Crippen molar-refractivity contribution >= 4 is 28.4 Å². The van der Waals surface area contributed by atoms with E-state index < -0.39 is 0 Å². The highest BCUT2D eigenvalue weighted by atomic mass is 35.5.